The minimum absolute atomic E-state index is 0.615. The molecule has 0 atom stereocenters. The Labute approximate surface area is 328 Å². The summed E-state index contributed by atoms with van der Waals surface area (Å²) in [6.45, 7) is 0. The van der Waals surface area contributed by atoms with Gasteiger partial charge in [-0.15, -0.1) is 0 Å². The van der Waals surface area contributed by atoms with E-state index >= 15 is 0 Å². The van der Waals surface area contributed by atoms with Crippen LogP contribution in [0.15, 0.2) is 199 Å². The normalized spacial score (nSPS) is 11.5. The van der Waals surface area contributed by atoms with E-state index in [4.69, 9.17) is 24.4 Å². The van der Waals surface area contributed by atoms with Crippen LogP contribution in [0.25, 0.3) is 111 Å². The molecule has 0 aliphatic rings. The third kappa shape index (κ3) is 5.81. The first-order chi connectivity index (χ1) is 28.2. The van der Waals surface area contributed by atoms with Crippen molar-refractivity contribution in [3.05, 3.63) is 194 Å². The molecule has 266 valence electrons. The van der Waals surface area contributed by atoms with Gasteiger partial charge in [0.25, 0.3) is 0 Å². The second-order valence-corrected chi connectivity index (χ2v) is 14.2. The maximum Gasteiger partial charge on any atom is 0.164 e. The summed E-state index contributed by atoms with van der Waals surface area (Å²) in [6.07, 6.45) is 0. The van der Waals surface area contributed by atoms with E-state index in [0.29, 0.717) is 17.5 Å². The molecule has 3 heterocycles. The smallest absolute Gasteiger partial charge is 0.164 e. The average molecular weight is 729 g/mol. The van der Waals surface area contributed by atoms with Crippen molar-refractivity contribution in [3.8, 4) is 67.7 Å². The highest BCUT2D eigenvalue weighted by Gasteiger charge is 2.20. The van der Waals surface area contributed by atoms with Gasteiger partial charge >= 0.3 is 0 Å². The molecule has 0 amide bonds. The molecular weight excluding hydrogens is 697 g/mol. The molecule has 0 aliphatic heterocycles. The lowest BCUT2D eigenvalue weighted by Crippen LogP contribution is -2.00. The summed E-state index contributed by atoms with van der Waals surface area (Å²) in [5.74, 6) is 1.87. The number of furan rings is 1. The number of hydrogen-bond acceptors (Lipinski definition) is 5. The molecule has 0 aliphatic carbocycles. The number of pyridine rings is 1. The van der Waals surface area contributed by atoms with Crippen LogP contribution in [0.4, 0.5) is 0 Å². The standard InChI is InChI=1S/C52H32N4O/c1-3-12-33(13-4-1)34-22-26-38(27-23-34)51-54-50(37-15-5-2-6-16-37)55-52(56-51)39-28-24-35(25-29-39)40-30-31-43-45(32-40)53-48(42-20-11-17-36-14-7-8-18-41(36)42)47-44-19-9-10-21-46(44)57-49(43)47/h1-32H. The van der Waals surface area contributed by atoms with Crippen LogP contribution in [0.2, 0.25) is 0 Å². The molecule has 5 heteroatoms. The fourth-order valence-electron chi connectivity index (χ4n) is 7.87. The van der Waals surface area contributed by atoms with Crippen LogP contribution in [-0.2, 0) is 0 Å². The number of para-hydroxylation sites is 1. The average Bonchev–Trinajstić information content (AvgIpc) is 3.69. The summed E-state index contributed by atoms with van der Waals surface area (Å²) >= 11 is 0. The van der Waals surface area contributed by atoms with Crippen molar-refractivity contribution in [2.45, 2.75) is 0 Å². The van der Waals surface area contributed by atoms with Gasteiger partial charge in [0, 0.05) is 33.0 Å². The van der Waals surface area contributed by atoms with E-state index in [1.54, 1.807) is 0 Å². The third-order valence-electron chi connectivity index (χ3n) is 10.7. The van der Waals surface area contributed by atoms with Gasteiger partial charge in [0.2, 0.25) is 0 Å². The highest BCUT2D eigenvalue weighted by molar-refractivity contribution is 6.21. The number of benzene rings is 8. The van der Waals surface area contributed by atoms with E-state index in [0.717, 1.165) is 82.9 Å². The SMILES string of the molecule is c1ccc(-c2ccc(-c3nc(-c4ccccc4)nc(-c4ccc(-c5ccc6c(c5)nc(-c5cccc7ccccc57)c5c7ccccc7oc65)cc4)n3)cc2)cc1. The largest absolute Gasteiger partial charge is 0.455 e. The van der Waals surface area contributed by atoms with Gasteiger partial charge in [-0.3, -0.25) is 0 Å². The summed E-state index contributed by atoms with van der Waals surface area (Å²) in [5.41, 5.74) is 11.8. The Morgan fingerprint density at radius 3 is 1.51 bits per heavy atom. The molecule has 0 unspecified atom stereocenters. The van der Waals surface area contributed by atoms with E-state index in [1.165, 1.54) is 10.9 Å². The Kier molecular flexibility index (Phi) is 7.74. The molecule has 0 bridgehead atoms. The van der Waals surface area contributed by atoms with Crippen LogP contribution < -0.4 is 0 Å². The minimum Gasteiger partial charge on any atom is -0.455 e. The van der Waals surface area contributed by atoms with Crippen molar-refractivity contribution in [1.82, 2.24) is 19.9 Å². The summed E-state index contributed by atoms with van der Waals surface area (Å²) in [5, 5.41) is 5.41. The Morgan fingerprint density at radius 1 is 0.333 bits per heavy atom. The fourth-order valence-corrected chi connectivity index (χ4v) is 7.87. The zero-order valence-corrected chi connectivity index (χ0v) is 30.7. The van der Waals surface area contributed by atoms with Crippen LogP contribution >= 0.6 is 0 Å². The molecule has 11 rings (SSSR count). The van der Waals surface area contributed by atoms with Crippen molar-refractivity contribution in [2.75, 3.05) is 0 Å². The van der Waals surface area contributed by atoms with Gasteiger partial charge in [-0.05, 0) is 51.2 Å². The zero-order chi connectivity index (χ0) is 37.7. The quantitative estimate of drug-likeness (QED) is 0.171. The lowest BCUT2D eigenvalue weighted by atomic mass is 9.96. The third-order valence-corrected chi connectivity index (χ3v) is 10.7. The maximum atomic E-state index is 6.60. The lowest BCUT2D eigenvalue weighted by molar-refractivity contribution is 0.672. The summed E-state index contributed by atoms with van der Waals surface area (Å²) < 4.78 is 6.60. The Bertz CT molecular complexity index is 3260. The van der Waals surface area contributed by atoms with E-state index in [1.807, 2.05) is 48.5 Å². The van der Waals surface area contributed by atoms with Gasteiger partial charge in [0.1, 0.15) is 11.2 Å². The first-order valence-corrected chi connectivity index (χ1v) is 19.0. The predicted octanol–water partition coefficient (Wildman–Crippen LogP) is 13.5. The molecular formula is C52H32N4O. The molecule has 0 saturated heterocycles. The van der Waals surface area contributed by atoms with E-state index < -0.39 is 0 Å². The lowest BCUT2D eigenvalue weighted by Gasteiger charge is -2.11. The van der Waals surface area contributed by atoms with Crippen LogP contribution in [0.5, 0.6) is 0 Å². The number of aromatic nitrogens is 4. The maximum absolute atomic E-state index is 6.60. The Hall–Kier alpha value is -7.76. The first-order valence-electron chi connectivity index (χ1n) is 19.0. The second-order valence-electron chi connectivity index (χ2n) is 14.2. The Morgan fingerprint density at radius 2 is 0.825 bits per heavy atom. The van der Waals surface area contributed by atoms with Gasteiger partial charge in [0.15, 0.2) is 17.5 Å². The molecule has 3 aromatic heterocycles. The van der Waals surface area contributed by atoms with Gasteiger partial charge in [-0.25, -0.2) is 19.9 Å². The van der Waals surface area contributed by atoms with Gasteiger partial charge in [-0.2, -0.15) is 0 Å². The van der Waals surface area contributed by atoms with Crippen molar-refractivity contribution in [3.63, 3.8) is 0 Å². The molecule has 8 aromatic carbocycles. The molecule has 0 radical (unpaired) electrons. The van der Waals surface area contributed by atoms with Crippen molar-refractivity contribution in [2.24, 2.45) is 0 Å². The minimum atomic E-state index is 0.615. The molecule has 11 aromatic rings. The highest BCUT2D eigenvalue weighted by atomic mass is 16.3. The van der Waals surface area contributed by atoms with Crippen LogP contribution in [0, 0.1) is 0 Å². The van der Waals surface area contributed by atoms with Crippen LogP contribution in [0.1, 0.15) is 0 Å². The van der Waals surface area contributed by atoms with Gasteiger partial charge < -0.3 is 4.42 Å². The van der Waals surface area contributed by atoms with Gasteiger partial charge in [-0.1, -0.05) is 176 Å². The Balaban J connectivity index is 1.00. The number of nitrogens with zero attached hydrogens (tertiary/aromatic N) is 4. The van der Waals surface area contributed by atoms with Crippen LogP contribution in [-0.4, -0.2) is 19.9 Å². The van der Waals surface area contributed by atoms with Gasteiger partial charge in [0.05, 0.1) is 16.6 Å². The molecule has 0 N–H and O–H groups in total. The molecule has 0 fully saturated rings. The van der Waals surface area contributed by atoms with E-state index in [-0.39, 0.29) is 0 Å². The topological polar surface area (TPSA) is 64.7 Å². The number of rotatable bonds is 6. The second kappa shape index (κ2) is 13.5. The van der Waals surface area contributed by atoms with Crippen molar-refractivity contribution >= 4 is 43.6 Å². The van der Waals surface area contributed by atoms with E-state index in [2.05, 4.69) is 146 Å². The number of fused-ring (bicyclic) bond motifs is 6. The molecule has 0 spiro atoms. The molecule has 57 heavy (non-hydrogen) atoms. The van der Waals surface area contributed by atoms with Crippen molar-refractivity contribution < 1.29 is 4.42 Å². The number of hydrogen-bond donors (Lipinski definition) is 0. The predicted molar refractivity (Wildman–Crippen MR) is 233 cm³/mol. The van der Waals surface area contributed by atoms with E-state index in [9.17, 15) is 0 Å². The van der Waals surface area contributed by atoms with Crippen LogP contribution in [0.3, 0.4) is 0 Å². The highest BCUT2D eigenvalue weighted by Crippen LogP contribution is 2.42. The zero-order valence-electron chi connectivity index (χ0n) is 30.7. The molecule has 5 nitrogen and oxygen atoms in total. The summed E-state index contributed by atoms with van der Waals surface area (Å²) in [4.78, 5) is 20.3. The first kappa shape index (κ1) is 32.7. The summed E-state index contributed by atoms with van der Waals surface area (Å²) in [7, 11) is 0. The fraction of sp³-hybridized carbons (Fsp3) is 0. The monoisotopic (exact) mass is 728 g/mol. The summed E-state index contributed by atoms with van der Waals surface area (Å²) in [6, 6.07) is 66.9. The van der Waals surface area contributed by atoms with Crippen molar-refractivity contribution in [1.29, 1.82) is 0 Å². The molecule has 0 saturated carbocycles.